The summed E-state index contributed by atoms with van der Waals surface area (Å²) in [5, 5.41) is 2.94. The second-order valence-electron chi connectivity index (χ2n) is 5.37. The van der Waals surface area contributed by atoms with Crippen LogP contribution in [0, 0.1) is 17.8 Å². The van der Waals surface area contributed by atoms with Crippen LogP contribution in [-0.2, 0) is 4.79 Å². The van der Waals surface area contributed by atoms with E-state index in [-0.39, 0.29) is 11.8 Å². The van der Waals surface area contributed by atoms with Gasteiger partial charge in [-0.25, -0.2) is 0 Å². The van der Waals surface area contributed by atoms with Gasteiger partial charge in [-0.2, -0.15) is 0 Å². The number of ether oxygens (including phenoxy) is 1. The molecular weight excluding hydrogens is 228 g/mol. The first-order valence-electron chi connectivity index (χ1n) is 6.41. The van der Waals surface area contributed by atoms with Gasteiger partial charge < -0.3 is 15.8 Å². The van der Waals surface area contributed by atoms with Crippen molar-refractivity contribution in [3.8, 4) is 5.75 Å². The lowest BCUT2D eigenvalue weighted by Gasteiger charge is -2.13. The Hall–Kier alpha value is -1.71. The molecule has 1 amide bonds. The molecule has 0 radical (unpaired) electrons. The summed E-state index contributed by atoms with van der Waals surface area (Å²) < 4.78 is 5.09. The molecule has 2 unspecified atom stereocenters. The molecule has 0 bridgehead atoms. The van der Waals surface area contributed by atoms with Crippen LogP contribution in [-0.4, -0.2) is 13.0 Å². The van der Waals surface area contributed by atoms with E-state index in [0.717, 1.165) is 30.4 Å². The summed E-state index contributed by atoms with van der Waals surface area (Å²) >= 11 is 0. The zero-order chi connectivity index (χ0) is 12.7. The van der Waals surface area contributed by atoms with Crippen molar-refractivity contribution in [2.45, 2.75) is 19.3 Å². The van der Waals surface area contributed by atoms with Gasteiger partial charge in [-0.1, -0.05) is 0 Å². The standard InChI is InChI=1S/C14H18N2O2/c1-18-13-3-2-11(7-12(13)15)16-14(17)10-5-8-4-9(8)6-10/h2-3,7-10H,4-6,15H2,1H3,(H,16,17). The number of nitrogens with one attached hydrogen (secondary N) is 1. The monoisotopic (exact) mass is 246 g/mol. The summed E-state index contributed by atoms with van der Waals surface area (Å²) in [5.74, 6) is 2.60. The number of nitrogens with two attached hydrogens (primary N) is 1. The second-order valence-corrected chi connectivity index (χ2v) is 5.37. The van der Waals surface area contributed by atoms with Gasteiger partial charge in [0.15, 0.2) is 0 Å². The molecule has 96 valence electrons. The van der Waals surface area contributed by atoms with Crippen molar-refractivity contribution in [3.63, 3.8) is 0 Å². The van der Waals surface area contributed by atoms with Gasteiger partial charge in [-0.3, -0.25) is 4.79 Å². The largest absolute Gasteiger partial charge is 0.495 e. The first kappa shape index (κ1) is 11.4. The molecule has 0 aliphatic heterocycles. The fourth-order valence-corrected chi connectivity index (χ4v) is 2.99. The SMILES string of the molecule is COc1ccc(NC(=O)C2CC3CC3C2)cc1N. The van der Waals surface area contributed by atoms with E-state index in [0.29, 0.717) is 11.4 Å². The molecule has 3 N–H and O–H groups in total. The molecule has 2 atom stereocenters. The molecule has 1 aromatic carbocycles. The summed E-state index contributed by atoms with van der Waals surface area (Å²) in [6.45, 7) is 0. The summed E-state index contributed by atoms with van der Waals surface area (Å²) in [6, 6.07) is 5.34. The summed E-state index contributed by atoms with van der Waals surface area (Å²) in [7, 11) is 1.58. The first-order chi connectivity index (χ1) is 8.67. The molecule has 0 aromatic heterocycles. The minimum absolute atomic E-state index is 0.131. The molecule has 0 spiro atoms. The third-order valence-corrected chi connectivity index (χ3v) is 4.11. The lowest BCUT2D eigenvalue weighted by atomic mass is 10.0. The Morgan fingerprint density at radius 2 is 2.06 bits per heavy atom. The highest BCUT2D eigenvalue weighted by Crippen LogP contribution is 2.54. The Morgan fingerprint density at radius 3 is 2.67 bits per heavy atom. The van der Waals surface area contributed by atoms with Crippen LogP contribution in [0.3, 0.4) is 0 Å². The second kappa shape index (κ2) is 4.19. The Kier molecular flexibility index (Phi) is 2.65. The fourth-order valence-electron chi connectivity index (χ4n) is 2.99. The van der Waals surface area contributed by atoms with Crippen molar-refractivity contribution < 1.29 is 9.53 Å². The smallest absolute Gasteiger partial charge is 0.227 e. The van der Waals surface area contributed by atoms with E-state index >= 15 is 0 Å². The van der Waals surface area contributed by atoms with Crippen molar-refractivity contribution in [2.75, 3.05) is 18.2 Å². The molecule has 0 saturated heterocycles. The van der Waals surface area contributed by atoms with Crippen LogP contribution in [0.15, 0.2) is 18.2 Å². The van der Waals surface area contributed by atoms with E-state index in [1.807, 2.05) is 6.07 Å². The van der Waals surface area contributed by atoms with Gasteiger partial charge in [0.05, 0.1) is 12.8 Å². The summed E-state index contributed by atoms with van der Waals surface area (Å²) in [6.07, 6.45) is 3.45. The number of amides is 1. The Labute approximate surface area is 107 Å². The van der Waals surface area contributed by atoms with Crippen LogP contribution in [0.2, 0.25) is 0 Å². The number of benzene rings is 1. The number of hydrogen-bond donors (Lipinski definition) is 2. The molecule has 1 aromatic rings. The van der Waals surface area contributed by atoms with Crippen LogP contribution in [0.4, 0.5) is 11.4 Å². The van der Waals surface area contributed by atoms with Gasteiger partial charge in [0.25, 0.3) is 0 Å². The highest BCUT2D eigenvalue weighted by atomic mass is 16.5. The number of carbonyl (C=O) groups is 1. The number of rotatable bonds is 3. The van der Waals surface area contributed by atoms with E-state index in [1.165, 1.54) is 6.42 Å². The van der Waals surface area contributed by atoms with Gasteiger partial charge in [-0.05, 0) is 49.3 Å². The number of fused-ring (bicyclic) bond motifs is 1. The van der Waals surface area contributed by atoms with Crippen molar-refractivity contribution >= 4 is 17.3 Å². The van der Waals surface area contributed by atoms with E-state index in [2.05, 4.69) is 5.32 Å². The fraction of sp³-hybridized carbons (Fsp3) is 0.500. The average molecular weight is 246 g/mol. The molecule has 2 aliphatic rings. The van der Waals surface area contributed by atoms with Crippen molar-refractivity contribution in [2.24, 2.45) is 17.8 Å². The van der Waals surface area contributed by atoms with Gasteiger partial charge in [-0.15, -0.1) is 0 Å². The van der Waals surface area contributed by atoms with Crippen LogP contribution < -0.4 is 15.8 Å². The predicted molar refractivity (Wildman–Crippen MR) is 70.4 cm³/mol. The molecule has 18 heavy (non-hydrogen) atoms. The van der Waals surface area contributed by atoms with Crippen molar-refractivity contribution in [1.29, 1.82) is 0 Å². The van der Waals surface area contributed by atoms with E-state index < -0.39 is 0 Å². The zero-order valence-corrected chi connectivity index (χ0v) is 10.5. The summed E-state index contributed by atoms with van der Waals surface area (Å²) in [4.78, 5) is 12.1. The van der Waals surface area contributed by atoms with Gasteiger partial charge in [0.2, 0.25) is 5.91 Å². The van der Waals surface area contributed by atoms with Gasteiger partial charge >= 0.3 is 0 Å². The van der Waals surface area contributed by atoms with Crippen LogP contribution in [0.1, 0.15) is 19.3 Å². The molecule has 4 nitrogen and oxygen atoms in total. The third kappa shape index (κ3) is 2.03. The normalized spacial score (nSPS) is 28.6. The topological polar surface area (TPSA) is 64.3 Å². The number of methoxy groups -OCH3 is 1. The number of carbonyl (C=O) groups excluding carboxylic acids is 1. The van der Waals surface area contributed by atoms with Gasteiger partial charge in [0, 0.05) is 11.6 Å². The average Bonchev–Trinajstić information content (AvgIpc) is 2.96. The maximum atomic E-state index is 12.1. The molecule has 2 saturated carbocycles. The highest BCUT2D eigenvalue weighted by Gasteiger charge is 2.47. The van der Waals surface area contributed by atoms with E-state index in [1.54, 1.807) is 19.2 Å². The minimum atomic E-state index is 0.131. The number of hydrogen-bond acceptors (Lipinski definition) is 3. The number of nitrogen functional groups attached to an aromatic ring is 1. The lowest BCUT2D eigenvalue weighted by molar-refractivity contribution is -0.120. The van der Waals surface area contributed by atoms with Crippen molar-refractivity contribution in [1.82, 2.24) is 0 Å². The molecule has 2 fully saturated rings. The Bertz CT molecular complexity index is 477. The highest BCUT2D eigenvalue weighted by molar-refractivity contribution is 5.93. The molecule has 4 heteroatoms. The zero-order valence-electron chi connectivity index (χ0n) is 10.5. The quantitative estimate of drug-likeness (QED) is 0.804. The number of anilines is 2. The van der Waals surface area contributed by atoms with Crippen LogP contribution in [0.25, 0.3) is 0 Å². The minimum Gasteiger partial charge on any atom is -0.495 e. The molecule has 3 rings (SSSR count). The predicted octanol–water partition coefficient (Wildman–Crippen LogP) is 2.26. The van der Waals surface area contributed by atoms with E-state index in [4.69, 9.17) is 10.5 Å². The lowest BCUT2D eigenvalue weighted by Crippen LogP contribution is -2.21. The first-order valence-corrected chi connectivity index (χ1v) is 6.41. The van der Waals surface area contributed by atoms with Gasteiger partial charge in [0.1, 0.15) is 5.75 Å². The molecule has 2 aliphatic carbocycles. The van der Waals surface area contributed by atoms with Crippen molar-refractivity contribution in [3.05, 3.63) is 18.2 Å². The molecular formula is C14H18N2O2. The van der Waals surface area contributed by atoms with Crippen LogP contribution >= 0.6 is 0 Å². The molecule has 0 heterocycles. The van der Waals surface area contributed by atoms with Crippen LogP contribution in [0.5, 0.6) is 5.75 Å². The maximum absolute atomic E-state index is 12.1. The third-order valence-electron chi connectivity index (χ3n) is 4.11. The Balaban J connectivity index is 1.65. The summed E-state index contributed by atoms with van der Waals surface area (Å²) in [5.41, 5.74) is 7.11. The van der Waals surface area contributed by atoms with E-state index in [9.17, 15) is 4.79 Å². The Morgan fingerprint density at radius 1 is 1.33 bits per heavy atom. The maximum Gasteiger partial charge on any atom is 0.227 e.